The smallest absolute Gasteiger partial charge is 0.169 e. The van der Waals surface area contributed by atoms with Crippen LogP contribution in [0.5, 0.6) is 0 Å². The van der Waals surface area contributed by atoms with E-state index in [1.807, 2.05) is 6.07 Å². The average molecular weight is 272 g/mol. The number of hydrogen-bond donors (Lipinski definition) is 1. The fourth-order valence-corrected chi connectivity index (χ4v) is 2.31. The monoisotopic (exact) mass is 271 g/mol. The lowest BCUT2D eigenvalue weighted by atomic mass is 9.86. The largest absolute Gasteiger partial charge is 0.454 e. The van der Waals surface area contributed by atoms with Crippen molar-refractivity contribution < 1.29 is 4.42 Å². The quantitative estimate of drug-likeness (QED) is 0.908. The van der Waals surface area contributed by atoms with E-state index in [0.29, 0.717) is 11.8 Å². The fraction of sp³-hybridized carbons (Fsp3) is 0.667. The summed E-state index contributed by atoms with van der Waals surface area (Å²) < 4.78 is 6.45. The van der Waals surface area contributed by atoms with Crippen LogP contribution in [0, 0.1) is 5.92 Å². The summed E-state index contributed by atoms with van der Waals surface area (Å²) in [5.41, 5.74) is 6.27. The highest BCUT2D eigenvalue weighted by atomic mass is 79.9. The van der Waals surface area contributed by atoms with E-state index in [9.17, 15) is 0 Å². The lowest BCUT2D eigenvalue weighted by Crippen LogP contribution is -2.26. The van der Waals surface area contributed by atoms with Crippen molar-refractivity contribution >= 4 is 15.9 Å². The van der Waals surface area contributed by atoms with Gasteiger partial charge in [-0.25, -0.2) is 0 Å². The summed E-state index contributed by atoms with van der Waals surface area (Å²) >= 11 is 3.35. The van der Waals surface area contributed by atoms with Crippen LogP contribution >= 0.6 is 15.9 Å². The molecule has 1 aliphatic carbocycles. The summed E-state index contributed by atoms with van der Waals surface area (Å²) in [7, 11) is 0. The second-order valence-corrected chi connectivity index (χ2v) is 5.84. The minimum Gasteiger partial charge on any atom is -0.454 e. The predicted molar refractivity (Wildman–Crippen MR) is 64.8 cm³/mol. The van der Waals surface area contributed by atoms with Gasteiger partial charge in [-0.2, -0.15) is 0 Å². The van der Waals surface area contributed by atoms with Crippen molar-refractivity contribution in [2.75, 3.05) is 0 Å². The van der Waals surface area contributed by atoms with Gasteiger partial charge in [0.25, 0.3) is 0 Å². The average Bonchev–Trinajstić information content (AvgIpc) is 2.72. The van der Waals surface area contributed by atoms with Gasteiger partial charge in [0.2, 0.25) is 0 Å². The highest BCUT2D eigenvalue weighted by Crippen LogP contribution is 2.44. The maximum absolute atomic E-state index is 6.18. The van der Waals surface area contributed by atoms with Gasteiger partial charge in [-0.3, -0.25) is 0 Å². The Morgan fingerprint density at radius 3 is 2.53 bits per heavy atom. The molecule has 0 amide bonds. The Labute approximate surface area is 99.3 Å². The molecule has 0 aromatic carbocycles. The summed E-state index contributed by atoms with van der Waals surface area (Å²) in [4.78, 5) is 0. The molecule has 1 fully saturated rings. The molecule has 15 heavy (non-hydrogen) atoms. The predicted octanol–water partition coefficient (Wildman–Crippen LogP) is 3.66. The van der Waals surface area contributed by atoms with E-state index >= 15 is 0 Å². The molecule has 3 heteroatoms. The van der Waals surface area contributed by atoms with Gasteiger partial charge in [-0.15, -0.1) is 0 Å². The molecule has 0 aliphatic heterocycles. The molecule has 1 saturated carbocycles. The second kappa shape index (κ2) is 3.95. The van der Waals surface area contributed by atoms with Crippen molar-refractivity contribution in [3.05, 3.63) is 22.6 Å². The highest BCUT2D eigenvalue weighted by Gasteiger charge is 2.41. The topological polar surface area (TPSA) is 39.2 Å². The zero-order valence-electron chi connectivity index (χ0n) is 9.29. The molecule has 1 heterocycles. The lowest BCUT2D eigenvalue weighted by Gasteiger charge is -2.22. The van der Waals surface area contributed by atoms with Gasteiger partial charge in [0, 0.05) is 11.5 Å². The summed E-state index contributed by atoms with van der Waals surface area (Å²) in [6.07, 6.45) is 3.38. The van der Waals surface area contributed by atoms with Gasteiger partial charge in [-0.05, 0) is 53.2 Å². The molecule has 2 N–H and O–H groups in total. The Hall–Kier alpha value is -0.280. The number of halogens is 1. The summed E-state index contributed by atoms with van der Waals surface area (Å²) in [5, 5.41) is 0. The molecule has 0 spiro atoms. The first kappa shape index (κ1) is 11.2. The van der Waals surface area contributed by atoms with Crippen molar-refractivity contribution in [2.45, 2.75) is 44.6 Å². The van der Waals surface area contributed by atoms with Crippen LogP contribution in [0.1, 0.15) is 44.8 Å². The standard InChI is InChI=1S/C12H18BrNO/c1-8(2)9(7-12(14)5-6-12)10-3-4-11(13)15-10/h3-4,8-9H,5-7,14H2,1-2H3. The van der Waals surface area contributed by atoms with E-state index in [1.165, 1.54) is 0 Å². The molecular formula is C12H18BrNO. The van der Waals surface area contributed by atoms with E-state index in [1.54, 1.807) is 0 Å². The molecule has 0 saturated heterocycles. The van der Waals surface area contributed by atoms with Gasteiger partial charge in [0.1, 0.15) is 5.76 Å². The highest BCUT2D eigenvalue weighted by molar-refractivity contribution is 9.10. The molecule has 0 bridgehead atoms. The van der Waals surface area contributed by atoms with Crippen molar-refractivity contribution in [3.8, 4) is 0 Å². The summed E-state index contributed by atoms with van der Waals surface area (Å²) in [6.45, 7) is 4.46. The number of hydrogen-bond acceptors (Lipinski definition) is 2. The molecule has 84 valence electrons. The van der Waals surface area contributed by atoms with Gasteiger partial charge >= 0.3 is 0 Å². The zero-order chi connectivity index (χ0) is 11.1. The SMILES string of the molecule is CC(C)C(CC1(N)CC1)c1ccc(Br)o1. The third-order valence-electron chi connectivity index (χ3n) is 3.28. The normalized spacial score (nSPS) is 20.6. The molecule has 1 unspecified atom stereocenters. The van der Waals surface area contributed by atoms with E-state index in [0.717, 1.165) is 29.7 Å². The van der Waals surface area contributed by atoms with E-state index in [2.05, 4.69) is 35.8 Å². The molecule has 2 nitrogen and oxygen atoms in total. The van der Waals surface area contributed by atoms with E-state index in [4.69, 9.17) is 10.2 Å². The summed E-state index contributed by atoms with van der Waals surface area (Å²) in [5.74, 6) is 2.08. The van der Waals surface area contributed by atoms with Crippen molar-refractivity contribution in [2.24, 2.45) is 11.7 Å². The lowest BCUT2D eigenvalue weighted by molar-refractivity contribution is 0.345. The first-order valence-electron chi connectivity index (χ1n) is 5.54. The van der Waals surface area contributed by atoms with Gasteiger partial charge in [0.15, 0.2) is 4.67 Å². The first-order valence-corrected chi connectivity index (χ1v) is 6.34. The van der Waals surface area contributed by atoms with Gasteiger partial charge < -0.3 is 10.2 Å². The zero-order valence-corrected chi connectivity index (χ0v) is 10.9. The van der Waals surface area contributed by atoms with Crippen LogP contribution in [-0.2, 0) is 0 Å². The third kappa shape index (κ3) is 2.64. The Balaban J connectivity index is 2.12. The molecule has 2 rings (SSSR count). The van der Waals surface area contributed by atoms with Crippen LogP contribution in [0.2, 0.25) is 0 Å². The Morgan fingerprint density at radius 2 is 2.13 bits per heavy atom. The van der Waals surface area contributed by atoms with E-state index < -0.39 is 0 Å². The maximum atomic E-state index is 6.18. The van der Waals surface area contributed by atoms with Gasteiger partial charge in [-0.1, -0.05) is 13.8 Å². The molecular weight excluding hydrogens is 254 g/mol. The Kier molecular flexibility index (Phi) is 2.95. The van der Waals surface area contributed by atoms with Crippen LogP contribution in [-0.4, -0.2) is 5.54 Å². The maximum Gasteiger partial charge on any atom is 0.169 e. The molecule has 1 aromatic rings. The Bertz CT molecular complexity index is 341. The molecule has 1 atom stereocenters. The van der Waals surface area contributed by atoms with Crippen molar-refractivity contribution in [3.63, 3.8) is 0 Å². The number of furan rings is 1. The third-order valence-corrected chi connectivity index (χ3v) is 3.71. The Morgan fingerprint density at radius 1 is 1.47 bits per heavy atom. The molecule has 1 aliphatic rings. The van der Waals surface area contributed by atoms with Crippen LogP contribution in [0.3, 0.4) is 0 Å². The van der Waals surface area contributed by atoms with Crippen molar-refractivity contribution in [1.29, 1.82) is 0 Å². The minimum atomic E-state index is 0.0915. The molecule has 1 aromatic heterocycles. The minimum absolute atomic E-state index is 0.0915. The fourth-order valence-electron chi connectivity index (χ4n) is 2.00. The number of nitrogens with two attached hydrogens (primary N) is 1. The van der Waals surface area contributed by atoms with Crippen LogP contribution in [0.25, 0.3) is 0 Å². The van der Waals surface area contributed by atoms with Gasteiger partial charge in [0.05, 0.1) is 0 Å². The first-order chi connectivity index (χ1) is 7.00. The van der Waals surface area contributed by atoms with Crippen LogP contribution < -0.4 is 5.73 Å². The van der Waals surface area contributed by atoms with Crippen LogP contribution in [0.4, 0.5) is 0 Å². The van der Waals surface area contributed by atoms with E-state index in [-0.39, 0.29) is 5.54 Å². The molecule has 0 radical (unpaired) electrons. The summed E-state index contributed by atoms with van der Waals surface area (Å²) in [6, 6.07) is 4.02. The number of rotatable bonds is 4. The van der Waals surface area contributed by atoms with Crippen LogP contribution in [0.15, 0.2) is 21.2 Å². The van der Waals surface area contributed by atoms with Crippen molar-refractivity contribution in [1.82, 2.24) is 0 Å². The second-order valence-electron chi connectivity index (χ2n) is 5.06.